The van der Waals surface area contributed by atoms with Gasteiger partial charge in [0, 0.05) is 6.04 Å². The fourth-order valence-electron chi connectivity index (χ4n) is 9.43. The second-order valence-electron chi connectivity index (χ2n) is 13.1. The van der Waals surface area contributed by atoms with Crippen molar-refractivity contribution in [1.29, 1.82) is 0 Å². The molecule has 4 saturated carbocycles. The van der Waals surface area contributed by atoms with Crippen LogP contribution >= 0.6 is 0 Å². The molecule has 1 aromatic carbocycles. The lowest BCUT2D eigenvalue weighted by Gasteiger charge is -2.61. The van der Waals surface area contributed by atoms with E-state index in [0.29, 0.717) is 22.7 Å². The van der Waals surface area contributed by atoms with Crippen LogP contribution in [0.3, 0.4) is 0 Å². The summed E-state index contributed by atoms with van der Waals surface area (Å²) in [5, 5.41) is 16.3. The first-order chi connectivity index (χ1) is 17.7. The maximum absolute atomic E-state index is 12.6. The number of aliphatic hydroxyl groups is 1. The lowest BCUT2D eigenvalue weighted by atomic mass is 9.44. The van der Waals surface area contributed by atoms with Crippen molar-refractivity contribution in [3.05, 3.63) is 35.9 Å². The van der Waals surface area contributed by atoms with E-state index < -0.39 is 6.09 Å². The Morgan fingerprint density at radius 3 is 2.49 bits per heavy atom. The molecule has 5 rings (SSSR count). The van der Waals surface area contributed by atoms with E-state index in [1.54, 1.807) is 0 Å². The Kier molecular flexibility index (Phi) is 7.59. The van der Waals surface area contributed by atoms with Crippen molar-refractivity contribution in [2.24, 2.45) is 40.4 Å². The van der Waals surface area contributed by atoms with Crippen molar-refractivity contribution >= 4 is 12.0 Å². The number of hydrogen-bond acceptors (Lipinski definition) is 4. The number of ether oxygens (including phenoxy) is 1. The minimum atomic E-state index is -0.567. The molecule has 1 unspecified atom stereocenters. The summed E-state index contributed by atoms with van der Waals surface area (Å²) in [5.41, 5.74) is 1.58. The van der Waals surface area contributed by atoms with E-state index in [0.717, 1.165) is 36.2 Å². The summed E-state index contributed by atoms with van der Waals surface area (Å²) in [6.07, 6.45) is 10.0. The molecular weight excluding hydrogens is 464 g/mol. The van der Waals surface area contributed by atoms with Gasteiger partial charge in [0.15, 0.2) is 0 Å². The van der Waals surface area contributed by atoms with Crippen LogP contribution in [-0.2, 0) is 16.1 Å². The van der Waals surface area contributed by atoms with Gasteiger partial charge in [0.05, 0.1) is 6.10 Å². The summed E-state index contributed by atoms with van der Waals surface area (Å²) < 4.78 is 5.22. The molecule has 3 N–H and O–H groups in total. The Morgan fingerprint density at radius 2 is 1.73 bits per heavy atom. The van der Waals surface area contributed by atoms with E-state index in [1.807, 2.05) is 37.3 Å². The Labute approximate surface area is 222 Å². The number of aliphatic hydroxyl groups excluding tert-OH is 1. The molecule has 9 atom stereocenters. The molecule has 0 heterocycles. The summed E-state index contributed by atoms with van der Waals surface area (Å²) in [7, 11) is 0. The molecule has 4 fully saturated rings. The van der Waals surface area contributed by atoms with E-state index in [2.05, 4.69) is 24.5 Å². The van der Waals surface area contributed by atoms with E-state index in [1.165, 1.54) is 44.9 Å². The lowest BCUT2D eigenvalue weighted by Crippen LogP contribution is -2.56. The first-order valence-electron chi connectivity index (χ1n) is 14.6. The smallest absolute Gasteiger partial charge is 0.407 e. The summed E-state index contributed by atoms with van der Waals surface area (Å²) in [6, 6.07) is 9.70. The van der Waals surface area contributed by atoms with Crippen molar-refractivity contribution in [1.82, 2.24) is 10.6 Å². The SMILES string of the molecule is CC(O)[C@H]1CC[C@H]2[C@@H]3CC[C@H]4C[C@H](NC(=O)CNC(=O)OCc5ccccc5)CC[C@]4(C)[C@H]3CC[C@]12C. The standard InChI is InChI=1S/C31H46N2O4/c1-20(34)25-11-12-26-24-10-9-22-17-23(13-15-30(22,2)27(24)14-16-31(25,26)3)33-28(35)18-32-29(36)37-19-21-7-5-4-6-8-21/h4-8,20,22-27,34H,9-19H2,1-3H3,(H,32,36)(H,33,35)/t20?,22-,23+,24-,25+,26-,27-,30-,31+/m0/s1. The fourth-order valence-corrected chi connectivity index (χ4v) is 9.43. The van der Waals surface area contributed by atoms with Gasteiger partial charge in [-0.1, -0.05) is 44.2 Å². The Bertz CT molecular complexity index is 967. The van der Waals surface area contributed by atoms with Gasteiger partial charge in [-0.3, -0.25) is 4.79 Å². The zero-order chi connectivity index (χ0) is 26.2. The van der Waals surface area contributed by atoms with Crippen LogP contribution < -0.4 is 10.6 Å². The number of amides is 2. The van der Waals surface area contributed by atoms with Crippen LogP contribution in [0.2, 0.25) is 0 Å². The molecular formula is C31H46N2O4. The largest absolute Gasteiger partial charge is 0.445 e. The van der Waals surface area contributed by atoms with Gasteiger partial charge in [-0.15, -0.1) is 0 Å². The number of hydrogen-bond donors (Lipinski definition) is 3. The lowest BCUT2D eigenvalue weighted by molar-refractivity contribution is -0.128. The van der Waals surface area contributed by atoms with Gasteiger partial charge in [-0.05, 0) is 111 Å². The van der Waals surface area contributed by atoms with Crippen LogP contribution in [0, 0.1) is 40.4 Å². The van der Waals surface area contributed by atoms with Gasteiger partial charge in [-0.2, -0.15) is 0 Å². The van der Waals surface area contributed by atoms with Gasteiger partial charge in [0.1, 0.15) is 13.2 Å². The highest BCUT2D eigenvalue weighted by molar-refractivity contribution is 5.82. The highest BCUT2D eigenvalue weighted by Gasteiger charge is 2.60. The zero-order valence-electron chi connectivity index (χ0n) is 22.9. The zero-order valence-corrected chi connectivity index (χ0v) is 22.9. The molecule has 0 aliphatic heterocycles. The Balaban J connectivity index is 1.11. The average Bonchev–Trinajstić information content (AvgIpc) is 3.24. The van der Waals surface area contributed by atoms with Crippen molar-refractivity contribution in [2.75, 3.05) is 6.54 Å². The number of alkyl carbamates (subject to hydrolysis) is 1. The molecule has 0 radical (unpaired) electrons. The Morgan fingerprint density at radius 1 is 1.00 bits per heavy atom. The van der Waals surface area contributed by atoms with Gasteiger partial charge < -0.3 is 20.5 Å². The molecule has 37 heavy (non-hydrogen) atoms. The van der Waals surface area contributed by atoms with Crippen LogP contribution in [0.25, 0.3) is 0 Å². The predicted octanol–water partition coefficient (Wildman–Crippen LogP) is 5.44. The molecule has 6 nitrogen and oxygen atoms in total. The molecule has 4 aliphatic carbocycles. The van der Waals surface area contributed by atoms with Gasteiger partial charge in [-0.25, -0.2) is 4.79 Å². The van der Waals surface area contributed by atoms with E-state index in [-0.39, 0.29) is 31.2 Å². The third-order valence-corrected chi connectivity index (χ3v) is 11.3. The van der Waals surface area contributed by atoms with Crippen LogP contribution in [0.4, 0.5) is 4.79 Å². The highest BCUT2D eigenvalue weighted by atomic mass is 16.5. The van der Waals surface area contributed by atoms with Crippen molar-refractivity contribution in [2.45, 2.75) is 97.3 Å². The minimum Gasteiger partial charge on any atom is -0.445 e. The molecule has 4 aliphatic rings. The summed E-state index contributed by atoms with van der Waals surface area (Å²) in [4.78, 5) is 24.6. The molecule has 0 bridgehead atoms. The second-order valence-corrected chi connectivity index (χ2v) is 13.1. The van der Waals surface area contributed by atoms with Crippen LogP contribution in [0.1, 0.15) is 84.1 Å². The molecule has 2 amide bonds. The average molecular weight is 511 g/mol. The fraction of sp³-hybridized carbons (Fsp3) is 0.742. The second kappa shape index (κ2) is 10.6. The maximum atomic E-state index is 12.6. The molecule has 6 heteroatoms. The van der Waals surface area contributed by atoms with E-state index in [4.69, 9.17) is 4.74 Å². The summed E-state index contributed by atoms with van der Waals surface area (Å²) in [5.74, 6) is 3.29. The van der Waals surface area contributed by atoms with Crippen LogP contribution in [-0.4, -0.2) is 35.8 Å². The highest BCUT2D eigenvalue weighted by Crippen LogP contribution is 2.67. The minimum absolute atomic E-state index is 0.0541. The quantitative estimate of drug-likeness (QED) is 0.476. The number of fused-ring (bicyclic) bond motifs is 5. The van der Waals surface area contributed by atoms with Gasteiger partial charge in [0.25, 0.3) is 0 Å². The molecule has 1 aromatic rings. The molecule has 0 spiro atoms. The monoisotopic (exact) mass is 510 g/mol. The topological polar surface area (TPSA) is 87.7 Å². The maximum Gasteiger partial charge on any atom is 0.407 e. The van der Waals surface area contributed by atoms with Crippen LogP contribution in [0.5, 0.6) is 0 Å². The molecule has 204 valence electrons. The third kappa shape index (κ3) is 5.15. The third-order valence-electron chi connectivity index (χ3n) is 11.3. The van der Waals surface area contributed by atoms with Crippen molar-refractivity contribution in [3.63, 3.8) is 0 Å². The number of carbonyl (C=O) groups excluding carboxylic acids is 2. The Hall–Kier alpha value is -2.08. The first-order valence-corrected chi connectivity index (χ1v) is 14.6. The number of rotatable bonds is 6. The van der Waals surface area contributed by atoms with Gasteiger partial charge >= 0.3 is 6.09 Å². The summed E-state index contributed by atoms with van der Waals surface area (Å²) >= 11 is 0. The molecule has 0 aromatic heterocycles. The summed E-state index contributed by atoms with van der Waals surface area (Å²) in [6.45, 7) is 7.16. The predicted molar refractivity (Wildman–Crippen MR) is 143 cm³/mol. The first kappa shape index (κ1) is 26.5. The van der Waals surface area contributed by atoms with Gasteiger partial charge in [0.2, 0.25) is 5.91 Å². The van der Waals surface area contributed by atoms with E-state index >= 15 is 0 Å². The number of benzene rings is 1. The molecule has 0 saturated heterocycles. The van der Waals surface area contributed by atoms with E-state index in [9.17, 15) is 14.7 Å². The normalized spacial score (nSPS) is 39.5. The van der Waals surface area contributed by atoms with Crippen molar-refractivity contribution < 1.29 is 19.4 Å². The van der Waals surface area contributed by atoms with Crippen LogP contribution in [0.15, 0.2) is 30.3 Å². The van der Waals surface area contributed by atoms with Crippen molar-refractivity contribution in [3.8, 4) is 0 Å². The number of nitrogens with one attached hydrogen (secondary N) is 2. The number of carbonyl (C=O) groups is 2.